The van der Waals surface area contributed by atoms with Crippen LogP contribution in [0.5, 0.6) is 0 Å². The smallest absolute Gasteiger partial charge is 0.179 e. The Morgan fingerprint density at radius 1 is 1.44 bits per heavy atom. The number of hydrogen-bond acceptors (Lipinski definition) is 3. The van der Waals surface area contributed by atoms with Gasteiger partial charge in [0, 0.05) is 11.1 Å². The zero-order valence-corrected chi connectivity index (χ0v) is 12.0. The Hall–Kier alpha value is -1.17. The molecule has 0 saturated heterocycles. The van der Waals surface area contributed by atoms with Gasteiger partial charge >= 0.3 is 0 Å². The van der Waals surface area contributed by atoms with Gasteiger partial charge in [-0.15, -0.1) is 11.3 Å². The first-order valence-electron chi connectivity index (χ1n) is 5.43. The van der Waals surface area contributed by atoms with E-state index in [0.717, 1.165) is 21.1 Å². The minimum atomic E-state index is 0.691. The molecule has 0 aromatic carbocycles. The van der Waals surface area contributed by atoms with Crippen LogP contribution >= 0.6 is 35.2 Å². The van der Waals surface area contributed by atoms with Crippen molar-refractivity contribution < 1.29 is 0 Å². The number of rotatable bonds is 2. The summed E-state index contributed by atoms with van der Waals surface area (Å²) in [7, 11) is 0. The molecule has 0 aliphatic carbocycles. The number of nitrogens with zero attached hydrogens (tertiary/aromatic N) is 2. The molecule has 0 fully saturated rings. The number of imidazole rings is 1. The van der Waals surface area contributed by atoms with Gasteiger partial charge in [0.1, 0.15) is 0 Å². The third-order valence-corrected chi connectivity index (χ3v) is 4.35. The molecule has 0 unspecified atom stereocenters. The molecule has 3 aromatic heterocycles. The Bertz CT molecular complexity index is 769. The van der Waals surface area contributed by atoms with Crippen molar-refractivity contribution in [1.29, 1.82) is 0 Å². The molecule has 3 nitrogen and oxygen atoms in total. The average Bonchev–Trinajstić information content (AvgIpc) is 2.87. The lowest BCUT2D eigenvalue weighted by Crippen LogP contribution is -1.98. The first kappa shape index (κ1) is 11.9. The number of H-pyrrole nitrogens is 1. The summed E-state index contributed by atoms with van der Waals surface area (Å²) in [5, 5.41) is 0. The average molecular weight is 296 g/mol. The minimum absolute atomic E-state index is 0.691. The van der Waals surface area contributed by atoms with Gasteiger partial charge in [0.2, 0.25) is 0 Å². The second kappa shape index (κ2) is 4.50. The largest absolute Gasteiger partial charge is 0.329 e. The van der Waals surface area contributed by atoms with Crippen LogP contribution in [0.3, 0.4) is 0 Å². The molecule has 0 radical (unpaired) electrons. The fraction of sp³-hybridized carbons (Fsp3) is 0.167. The van der Waals surface area contributed by atoms with Crippen molar-refractivity contribution in [3.8, 4) is 0 Å². The van der Waals surface area contributed by atoms with Crippen LogP contribution in [0, 0.1) is 11.7 Å². The van der Waals surface area contributed by atoms with E-state index in [2.05, 4.69) is 9.97 Å². The lowest BCUT2D eigenvalue weighted by atomic mass is 10.3. The van der Waals surface area contributed by atoms with Crippen LogP contribution in [0.1, 0.15) is 10.4 Å². The maximum absolute atomic E-state index is 5.94. The van der Waals surface area contributed by atoms with Crippen molar-refractivity contribution in [2.24, 2.45) is 0 Å². The van der Waals surface area contributed by atoms with Gasteiger partial charge < -0.3 is 4.98 Å². The van der Waals surface area contributed by atoms with E-state index in [4.69, 9.17) is 23.8 Å². The molecule has 3 rings (SSSR count). The second-order valence-electron chi connectivity index (χ2n) is 4.05. The molecular formula is C12H10ClN3S2. The molecule has 6 heteroatoms. The van der Waals surface area contributed by atoms with Crippen molar-refractivity contribution in [2.75, 3.05) is 0 Å². The van der Waals surface area contributed by atoms with Crippen molar-refractivity contribution in [2.45, 2.75) is 13.5 Å². The molecule has 0 bridgehead atoms. The van der Waals surface area contributed by atoms with Gasteiger partial charge in [-0.2, -0.15) is 0 Å². The highest BCUT2D eigenvalue weighted by molar-refractivity contribution is 7.71. The van der Waals surface area contributed by atoms with Crippen LogP contribution in [0.4, 0.5) is 0 Å². The van der Waals surface area contributed by atoms with E-state index in [1.807, 2.05) is 29.7 Å². The van der Waals surface area contributed by atoms with Crippen LogP contribution in [0.2, 0.25) is 4.34 Å². The Kier molecular flexibility index (Phi) is 2.97. The predicted octanol–water partition coefficient (Wildman–Crippen LogP) is 4.17. The van der Waals surface area contributed by atoms with E-state index >= 15 is 0 Å². The highest BCUT2D eigenvalue weighted by Crippen LogP contribution is 2.24. The topological polar surface area (TPSA) is 33.6 Å². The quantitative estimate of drug-likeness (QED) is 0.720. The summed E-state index contributed by atoms with van der Waals surface area (Å²) in [5.41, 5.74) is 3.05. The molecule has 0 atom stereocenters. The number of halogens is 1. The van der Waals surface area contributed by atoms with Crippen molar-refractivity contribution in [3.63, 3.8) is 0 Å². The summed E-state index contributed by atoms with van der Waals surface area (Å²) >= 11 is 12.9. The summed E-state index contributed by atoms with van der Waals surface area (Å²) in [4.78, 5) is 8.78. The minimum Gasteiger partial charge on any atom is -0.329 e. The molecule has 0 spiro atoms. The Morgan fingerprint density at radius 3 is 3.00 bits per heavy atom. The summed E-state index contributed by atoms with van der Waals surface area (Å²) in [5.74, 6) is 0. The summed E-state index contributed by atoms with van der Waals surface area (Å²) in [6.07, 6.45) is 1.80. The van der Waals surface area contributed by atoms with Gasteiger partial charge in [-0.25, -0.2) is 4.98 Å². The van der Waals surface area contributed by atoms with Crippen LogP contribution in [-0.4, -0.2) is 14.5 Å². The number of aromatic amines is 1. The lowest BCUT2D eigenvalue weighted by Gasteiger charge is -2.01. The first-order chi connectivity index (χ1) is 8.65. The third kappa shape index (κ3) is 1.98. The zero-order valence-electron chi connectivity index (χ0n) is 9.61. The fourth-order valence-electron chi connectivity index (χ4n) is 1.91. The number of aryl methyl sites for hydroxylation is 1. The molecule has 18 heavy (non-hydrogen) atoms. The number of aromatic nitrogens is 3. The van der Waals surface area contributed by atoms with E-state index < -0.39 is 0 Å². The first-order valence-corrected chi connectivity index (χ1v) is 7.04. The van der Waals surface area contributed by atoms with E-state index in [1.54, 1.807) is 17.5 Å². The van der Waals surface area contributed by atoms with E-state index in [-0.39, 0.29) is 0 Å². The van der Waals surface area contributed by atoms with Gasteiger partial charge in [0.05, 0.1) is 16.4 Å². The third-order valence-electron chi connectivity index (χ3n) is 2.81. The van der Waals surface area contributed by atoms with Crippen molar-refractivity contribution in [1.82, 2.24) is 14.5 Å². The van der Waals surface area contributed by atoms with Crippen LogP contribution in [0.25, 0.3) is 11.2 Å². The highest BCUT2D eigenvalue weighted by atomic mass is 35.5. The molecular weight excluding hydrogens is 286 g/mol. The van der Waals surface area contributed by atoms with Crippen LogP contribution < -0.4 is 0 Å². The van der Waals surface area contributed by atoms with Crippen molar-refractivity contribution >= 4 is 46.3 Å². The SMILES string of the molecule is Cc1ccnc2c1[nH]c(=S)n2Cc1ccc(Cl)s1. The van der Waals surface area contributed by atoms with Crippen LogP contribution in [0.15, 0.2) is 24.4 Å². The number of fused-ring (bicyclic) bond motifs is 1. The van der Waals surface area contributed by atoms with E-state index in [9.17, 15) is 0 Å². The Morgan fingerprint density at radius 2 is 2.28 bits per heavy atom. The van der Waals surface area contributed by atoms with E-state index in [0.29, 0.717) is 11.3 Å². The highest BCUT2D eigenvalue weighted by Gasteiger charge is 2.09. The number of pyridine rings is 1. The summed E-state index contributed by atoms with van der Waals surface area (Å²) in [6.45, 7) is 2.74. The van der Waals surface area contributed by atoms with Gasteiger partial charge in [-0.05, 0) is 42.9 Å². The zero-order chi connectivity index (χ0) is 12.7. The normalized spacial score (nSPS) is 11.2. The van der Waals surface area contributed by atoms with Crippen molar-refractivity contribution in [3.05, 3.63) is 43.9 Å². The lowest BCUT2D eigenvalue weighted by molar-refractivity contribution is 0.813. The molecule has 0 aliphatic rings. The molecule has 1 N–H and O–H groups in total. The molecule has 92 valence electrons. The monoisotopic (exact) mass is 295 g/mol. The fourth-order valence-corrected chi connectivity index (χ4v) is 3.24. The van der Waals surface area contributed by atoms with E-state index in [1.165, 1.54) is 4.88 Å². The number of nitrogens with one attached hydrogen (secondary N) is 1. The maximum atomic E-state index is 5.94. The van der Waals surface area contributed by atoms with Gasteiger partial charge in [-0.3, -0.25) is 4.57 Å². The maximum Gasteiger partial charge on any atom is 0.179 e. The predicted molar refractivity (Wildman–Crippen MR) is 78.1 cm³/mol. The van der Waals surface area contributed by atoms with Gasteiger partial charge in [-0.1, -0.05) is 11.6 Å². The number of hydrogen-bond donors (Lipinski definition) is 1. The molecule has 3 heterocycles. The summed E-state index contributed by atoms with van der Waals surface area (Å²) in [6, 6.07) is 5.89. The van der Waals surface area contributed by atoms with Crippen LogP contribution in [-0.2, 0) is 6.54 Å². The standard InChI is InChI=1S/C12H10ClN3S2/c1-7-4-5-14-11-10(7)15-12(17)16(11)6-8-2-3-9(13)18-8/h2-5H,6H2,1H3,(H,15,17). The molecule has 3 aromatic rings. The molecule has 0 saturated carbocycles. The number of thiophene rings is 1. The molecule has 0 amide bonds. The Balaban J connectivity index is 2.14. The van der Waals surface area contributed by atoms with Gasteiger partial charge in [0.25, 0.3) is 0 Å². The molecule has 0 aliphatic heterocycles. The Labute approximate surface area is 118 Å². The van der Waals surface area contributed by atoms with Gasteiger partial charge in [0.15, 0.2) is 10.4 Å². The second-order valence-corrected chi connectivity index (χ2v) is 6.23. The summed E-state index contributed by atoms with van der Waals surface area (Å²) < 4.78 is 3.48.